The van der Waals surface area contributed by atoms with E-state index < -0.39 is 12.1 Å². The summed E-state index contributed by atoms with van der Waals surface area (Å²) in [4.78, 5) is 28.3. The maximum atomic E-state index is 13.6. The normalized spacial score (nSPS) is 18.4. The minimum absolute atomic E-state index is 0.198. The standard InChI is InChI=1S/C27H31N7O5/c35-15-20(36)26(33-8-9-33)28-14-16-4-6-17(7-5-16)23-22-24(31-30-23)18-2-1-3-19(21(18)25(22)37)29-27(38)32-34-10-12-39-13-11-34/h1-7,20,26,28,35-36H,8-15H2,(H,30,31)(H2,29,32,38). The summed E-state index contributed by atoms with van der Waals surface area (Å²) in [7, 11) is 0. The molecule has 204 valence electrons. The highest BCUT2D eigenvalue weighted by Crippen LogP contribution is 2.42. The summed E-state index contributed by atoms with van der Waals surface area (Å²) >= 11 is 0. The number of amides is 2. The van der Waals surface area contributed by atoms with Gasteiger partial charge in [0, 0.05) is 43.9 Å². The highest BCUT2D eigenvalue weighted by molar-refractivity contribution is 6.26. The zero-order valence-corrected chi connectivity index (χ0v) is 21.3. The first-order valence-corrected chi connectivity index (χ1v) is 13.1. The lowest BCUT2D eigenvalue weighted by Gasteiger charge is -2.27. The number of urea groups is 1. The van der Waals surface area contributed by atoms with E-state index in [0.717, 1.165) is 24.2 Å². The molecule has 2 unspecified atom stereocenters. The second-order valence-electron chi connectivity index (χ2n) is 9.85. The molecule has 2 fully saturated rings. The molecule has 1 aliphatic carbocycles. The van der Waals surface area contributed by atoms with Gasteiger partial charge in [0.05, 0.1) is 48.5 Å². The van der Waals surface area contributed by atoms with Gasteiger partial charge in [-0.3, -0.25) is 25.5 Å². The van der Waals surface area contributed by atoms with Crippen LogP contribution in [0, 0.1) is 0 Å². The van der Waals surface area contributed by atoms with Crippen LogP contribution < -0.4 is 16.1 Å². The van der Waals surface area contributed by atoms with Crippen LogP contribution in [0.4, 0.5) is 10.5 Å². The Hall–Kier alpha value is -3.65. The number of aliphatic hydroxyl groups excluding tert-OH is 2. The van der Waals surface area contributed by atoms with Crippen LogP contribution in [-0.4, -0.2) is 100 Å². The van der Waals surface area contributed by atoms with E-state index >= 15 is 0 Å². The first kappa shape index (κ1) is 25.6. The van der Waals surface area contributed by atoms with Crippen LogP contribution in [0.15, 0.2) is 42.5 Å². The number of morpholine rings is 1. The molecule has 3 heterocycles. The molecule has 6 rings (SSSR count). The Balaban J connectivity index is 1.17. The largest absolute Gasteiger partial charge is 0.394 e. The first-order chi connectivity index (χ1) is 19.0. The molecule has 0 saturated carbocycles. The first-order valence-electron chi connectivity index (χ1n) is 13.1. The van der Waals surface area contributed by atoms with Crippen LogP contribution in [0.1, 0.15) is 21.5 Å². The van der Waals surface area contributed by atoms with E-state index in [0.29, 0.717) is 66.6 Å². The fourth-order valence-corrected chi connectivity index (χ4v) is 5.12. The average Bonchev–Trinajstić information content (AvgIpc) is 3.63. The molecular weight excluding hydrogens is 502 g/mol. The fourth-order valence-electron chi connectivity index (χ4n) is 5.12. The number of aliphatic hydroxyl groups is 2. The second-order valence-corrected chi connectivity index (χ2v) is 9.85. The maximum absolute atomic E-state index is 13.6. The zero-order chi connectivity index (χ0) is 26.9. The Labute approximate surface area is 224 Å². The molecule has 39 heavy (non-hydrogen) atoms. The maximum Gasteiger partial charge on any atom is 0.333 e. The van der Waals surface area contributed by atoms with Gasteiger partial charge in [-0.05, 0) is 11.6 Å². The van der Waals surface area contributed by atoms with Gasteiger partial charge in [0.25, 0.3) is 0 Å². The van der Waals surface area contributed by atoms with Gasteiger partial charge in [-0.25, -0.2) is 9.80 Å². The Morgan fingerprint density at radius 3 is 2.56 bits per heavy atom. The number of rotatable bonds is 9. The molecule has 0 spiro atoms. The second kappa shape index (κ2) is 10.8. The van der Waals surface area contributed by atoms with Crippen molar-refractivity contribution in [2.45, 2.75) is 18.8 Å². The minimum Gasteiger partial charge on any atom is -0.394 e. The molecule has 2 atom stereocenters. The molecule has 1 aromatic heterocycles. The number of nitrogens with one attached hydrogen (secondary N) is 4. The number of H-pyrrole nitrogens is 1. The highest BCUT2D eigenvalue weighted by Gasteiger charge is 2.35. The summed E-state index contributed by atoms with van der Waals surface area (Å²) in [5.41, 5.74) is 7.81. The summed E-state index contributed by atoms with van der Waals surface area (Å²) in [6.45, 7) is 4.29. The molecule has 2 saturated heterocycles. The number of aromatic nitrogens is 2. The monoisotopic (exact) mass is 533 g/mol. The lowest BCUT2D eigenvalue weighted by Crippen LogP contribution is -2.49. The molecule has 3 aromatic rings. The van der Waals surface area contributed by atoms with Crippen molar-refractivity contribution >= 4 is 17.5 Å². The van der Waals surface area contributed by atoms with Gasteiger partial charge in [-0.2, -0.15) is 5.10 Å². The Morgan fingerprint density at radius 1 is 1.08 bits per heavy atom. The molecule has 2 aromatic carbocycles. The van der Waals surface area contributed by atoms with Crippen molar-refractivity contribution in [1.82, 2.24) is 30.8 Å². The van der Waals surface area contributed by atoms with Crippen LogP contribution in [0.3, 0.4) is 0 Å². The molecule has 12 nitrogen and oxygen atoms in total. The van der Waals surface area contributed by atoms with E-state index in [-0.39, 0.29) is 18.6 Å². The van der Waals surface area contributed by atoms with Crippen LogP contribution in [0.5, 0.6) is 0 Å². The SMILES string of the molecule is O=C(Nc1cccc2c1C(=O)c1c(-c3ccc(CNC(C(O)CO)N4CC4)cc3)n[nH]c1-2)NN1CCOCC1. The van der Waals surface area contributed by atoms with Crippen molar-refractivity contribution in [2.24, 2.45) is 0 Å². The van der Waals surface area contributed by atoms with Crippen molar-refractivity contribution in [3.8, 4) is 22.5 Å². The lowest BCUT2D eigenvalue weighted by atomic mass is 10.0. The third kappa shape index (κ3) is 5.17. The Bertz CT molecular complexity index is 1370. The number of hydrogen-bond donors (Lipinski definition) is 6. The molecule has 2 amide bonds. The zero-order valence-electron chi connectivity index (χ0n) is 21.3. The number of benzene rings is 2. The number of fused-ring (bicyclic) bond motifs is 3. The number of anilines is 1. The number of carbonyl (C=O) groups is 2. The van der Waals surface area contributed by atoms with Crippen LogP contribution in [-0.2, 0) is 11.3 Å². The number of hydrogen-bond acceptors (Lipinski definition) is 9. The van der Waals surface area contributed by atoms with Crippen molar-refractivity contribution in [2.75, 3.05) is 51.3 Å². The van der Waals surface area contributed by atoms with Crippen molar-refractivity contribution in [3.63, 3.8) is 0 Å². The number of ether oxygens (including phenoxy) is 1. The van der Waals surface area contributed by atoms with Gasteiger partial charge >= 0.3 is 6.03 Å². The van der Waals surface area contributed by atoms with E-state index in [1.165, 1.54) is 0 Å². The predicted octanol–water partition coefficient (Wildman–Crippen LogP) is 0.741. The van der Waals surface area contributed by atoms with Crippen LogP contribution >= 0.6 is 0 Å². The molecule has 6 N–H and O–H groups in total. The summed E-state index contributed by atoms with van der Waals surface area (Å²) < 4.78 is 5.31. The van der Waals surface area contributed by atoms with Gasteiger partial charge in [0.15, 0.2) is 5.78 Å². The molecule has 2 aliphatic heterocycles. The van der Waals surface area contributed by atoms with Crippen LogP contribution in [0.2, 0.25) is 0 Å². The third-order valence-corrected chi connectivity index (χ3v) is 7.24. The van der Waals surface area contributed by atoms with Gasteiger partial charge in [-0.15, -0.1) is 0 Å². The smallest absolute Gasteiger partial charge is 0.333 e. The van der Waals surface area contributed by atoms with Gasteiger partial charge in [-0.1, -0.05) is 36.4 Å². The summed E-state index contributed by atoms with van der Waals surface area (Å²) in [6, 6.07) is 12.7. The van der Waals surface area contributed by atoms with E-state index in [1.54, 1.807) is 17.1 Å². The predicted molar refractivity (Wildman–Crippen MR) is 143 cm³/mol. The minimum atomic E-state index is -0.851. The fraction of sp³-hybridized carbons (Fsp3) is 0.370. The molecule has 12 heteroatoms. The quantitative estimate of drug-likeness (QED) is 0.171. The topological polar surface area (TPSA) is 155 Å². The Morgan fingerprint density at radius 2 is 1.85 bits per heavy atom. The van der Waals surface area contributed by atoms with E-state index in [1.807, 2.05) is 30.3 Å². The van der Waals surface area contributed by atoms with E-state index in [9.17, 15) is 19.8 Å². The van der Waals surface area contributed by atoms with Crippen molar-refractivity contribution in [1.29, 1.82) is 0 Å². The molecule has 0 bridgehead atoms. The third-order valence-electron chi connectivity index (χ3n) is 7.24. The van der Waals surface area contributed by atoms with Gasteiger partial charge < -0.3 is 20.3 Å². The number of hydrazine groups is 1. The van der Waals surface area contributed by atoms with Crippen LogP contribution in [0.25, 0.3) is 22.5 Å². The molecular formula is C27H31N7O5. The van der Waals surface area contributed by atoms with E-state index in [4.69, 9.17) is 4.74 Å². The van der Waals surface area contributed by atoms with Gasteiger partial charge in [0.1, 0.15) is 11.8 Å². The number of aromatic amines is 1. The summed E-state index contributed by atoms with van der Waals surface area (Å²) in [5.74, 6) is -0.198. The van der Waals surface area contributed by atoms with Crippen molar-refractivity contribution < 1.29 is 24.5 Å². The number of ketones is 1. The highest BCUT2D eigenvalue weighted by atomic mass is 16.5. The lowest BCUT2D eigenvalue weighted by molar-refractivity contribution is 0.0207. The molecule has 3 aliphatic rings. The van der Waals surface area contributed by atoms with Crippen molar-refractivity contribution in [3.05, 3.63) is 59.2 Å². The van der Waals surface area contributed by atoms with E-state index in [2.05, 4.69) is 31.2 Å². The Kier molecular flexibility index (Phi) is 7.12. The molecule has 0 radical (unpaired) electrons. The van der Waals surface area contributed by atoms with Gasteiger partial charge in [0.2, 0.25) is 0 Å². The summed E-state index contributed by atoms with van der Waals surface area (Å²) in [5, 5.41) is 34.8. The number of nitrogens with zero attached hydrogens (tertiary/aromatic N) is 3. The number of carbonyl (C=O) groups excluding carboxylic acids is 2. The summed E-state index contributed by atoms with van der Waals surface area (Å²) in [6.07, 6.45) is -1.14. The average molecular weight is 534 g/mol.